The largest absolute Gasteiger partial charge is 0.455 e. The summed E-state index contributed by atoms with van der Waals surface area (Å²) in [5.41, 5.74) is 7.23. The van der Waals surface area contributed by atoms with E-state index in [2.05, 4.69) is 4.98 Å². The van der Waals surface area contributed by atoms with Crippen molar-refractivity contribution in [1.29, 1.82) is 0 Å². The number of anilines is 1. The van der Waals surface area contributed by atoms with E-state index in [-0.39, 0.29) is 5.82 Å². The minimum atomic E-state index is -0.785. The second-order valence-electron chi connectivity index (χ2n) is 5.13. The molecule has 0 radical (unpaired) electrons. The summed E-state index contributed by atoms with van der Waals surface area (Å²) in [6.45, 7) is 1.89. The number of fused-ring (bicyclic) bond motifs is 1. The highest BCUT2D eigenvalue weighted by molar-refractivity contribution is 6.30. The van der Waals surface area contributed by atoms with Crippen LogP contribution in [-0.4, -0.2) is 22.1 Å². The Balaban J connectivity index is 1.91. The number of aromatic nitrogens is 1. The van der Waals surface area contributed by atoms with Gasteiger partial charge in [-0.25, -0.2) is 4.98 Å². The number of carbonyl (C=O) groups excluding carboxylic acids is 1. The first kappa shape index (κ1) is 14.8. The predicted molar refractivity (Wildman–Crippen MR) is 81.5 cm³/mol. The van der Waals surface area contributed by atoms with Gasteiger partial charge in [-0.2, -0.15) is 5.06 Å². The topological polar surface area (TPSA) is 88.7 Å². The Morgan fingerprint density at radius 2 is 2.23 bits per heavy atom. The molecule has 1 atom stereocenters. The fraction of sp³-hybridized carbons (Fsp3) is 0.200. The summed E-state index contributed by atoms with van der Waals surface area (Å²) in [5, 5.41) is 10.9. The second kappa shape index (κ2) is 5.57. The fourth-order valence-electron chi connectivity index (χ4n) is 2.32. The van der Waals surface area contributed by atoms with Crippen LogP contribution in [0.5, 0.6) is 11.5 Å². The maximum absolute atomic E-state index is 11.6. The lowest BCUT2D eigenvalue weighted by molar-refractivity contribution is -0.125. The minimum Gasteiger partial charge on any atom is -0.455 e. The Morgan fingerprint density at radius 3 is 2.95 bits per heavy atom. The van der Waals surface area contributed by atoms with Crippen molar-refractivity contribution in [3.05, 3.63) is 46.6 Å². The van der Waals surface area contributed by atoms with Crippen LogP contribution in [0.4, 0.5) is 5.82 Å². The van der Waals surface area contributed by atoms with Gasteiger partial charge in [0.1, 0.15) is 11.5 Å². The molecule has 0 bridgehead atoms. The van der Waals surface area contributed by atoms with Crippen molar-refractivity contribution >= 4 is 23.3 Å². The third-order valence-electron chi connectivity index (χ3n) is 3.45. The summed E-state index contributed by atoms with van der Waals surface area (Å²) in [6, 6.07) is 6.23. The van der Waals surface area contributed by atoms with Crippen LogP contribution < -0.4 is 15.5 Å². The number of pyridine rings is 1. The van der Waals surface area contributed by atoms with Gasteiger partial charge in [0.2, 0.25) is 0 Å². The highest BCUT2D eigenvalue weighted by atomic mass is 35.5. The summed E-state index contributed by atoms with van der Waals surface area (Å²) < 4.78 is 5.78. The van der Waals surface area contributed by atoms with Crippen LogP contribution in [0.15, 0.2) is 30.5 Å². The maximum Gasteiger partial charge on any atom is 0.269 e. The van der Waals surface area contributed by atoms with Crippen molar-refractivity contribution in [3.63, 3.8) is 0 Å². The zero-order valence-corrected chi connectivity index (χ0v) is 12.5. The number of ether oxygens (including phenoxy) is 1. The number of hydrogen-bond donors (Lipinski definition) is 2. The third-order valence-corrected chi connectivity index (χ3v) is 3.68. The Hall–Kier alpha value is -2.15. The molecular weight excluding hydrogens is 306 g/mol. The van der Waals surface area contributed by atoms with E-state index in [0.717, 1.165) is 5.56 Å². The average Bonchev–Trinajstić information content (AvgIpc) is 2.48. The van der Waals surface area contributed by atoms with Crippen LogP contribution in [0.3, 0.4) is 0 Å². The molecule has 2 heterocycles. The molecule has 1 aromatic carbocycles. The minimum absolute atomic E-state index is 0.187. The van der Waals surface area contributed by atoms with Crippen LogP contribution in [-0.2, 0) is 11.2 Å². The monoisotopic (exact) mass is 319 g/mol. The maximum atomic E-state index is 11.6. The van der Waals surface area contributed by atoms with Crippen LogP contribution in [0.1, 0.15) is 11.1 Å². The van der Waals surface area contributed by atoms with Gasteiger partial charge in [0, 0.05) is 17.0 Å². The van der Waals surface area contributed by atoms with Crippen molar-refractivity contribution in [2.24, 2.45) is 5.73 Å². The van der Waals surface area contributed by atoms with Crippen molar-refractivity contribution in [2.45, 2.75) is 19.4 Å². The molecule has 0 aliphatic carbocycles. The second-order valence-corrected chi connectivity index (χ2v) is 5.56. The zero-order valence-electron chi connectivity index (χ0n) is 11.8. The Kier molecular flexibility index (Phi) is 3.74. The molecule has 22 heavy (non-hydrogen) atoms. The number of carbonyl (C=O) groups is 1. The zero-order chi connectivity index (χ0) is 15.9. The molecule has 114 valence electrons. The summed E-state index contributed by atoms with van der Waals surface area (Å²) in [5.74, 6) is 0.774. The molecular formula is C15H14ClN3O3. The van der Waals surface area contributed by atoms with E-state index >= 15 is 0 Å². The molecule has 0 unspecified atom stereocenters. The first-order valence-electron chi connectivity index (χ1n) is 6.67. The highest BCUT2D eigenvalue weighted by Gasteiger charge is 2.31. The standard InChI is InChI=1S/C15H14ClN3O3/c1-8-4-10(16)2-3-13(8)22-11-5-9-6-12(17)15(20)19(21)14(9)18-7-11/h2-5,7,12,21H,6,17H2,1H3/t12-/m0/s1. The van der Waals surface area contributed by atoms with E-state index in [1.807, 2.05) is 6.92 Å². The van der Waals surface area contributed by atoms with E-state index in [1.54, 1.807) is 24.3 Å². The molecule has 1 amide bonds. The number of benzene rings is 1. The molecule has 0 spiro atoms. The summed E-state index contributed by atoms with van der Waals surface area (Å²) in [4.78, 5) is 15.7. The fourth-order valence-corrected chi connectivity index (χ4v) is 2.54. The first-order chi connectivity index (χ1) is 10.5. The number of amides is 1. The Morgan fingerprint density at radius 1 is 1.45 bits per heavy atom. The van der Waals surface area contributed by atoms with Crippen molar-refractivity contribution in [1.82, 2.24) is 4.98 Å². The van der Waals surface area contributed by atoms with E-state index in [4.69, 9.17) is 22.1 Å². The number of rotatable bonds is 2. The predicted octanol–water partition coefficient (Wildman–Crippen LogP) is 2.44. The molecule has 2 aromatic rings. The van der Waals surface area contributed by atoms with Gasteiger partial charge in [-0.05, 0) is 36.8 Å². The Labute approximate surface area is 132 Å². The number of nitrogens with zero attached hydrogens (tertiary/aromatic N) is 2. The van der Waals surface area contributed by atoms with Crippen LogP contribution in [0.25, 0.3) is 0 Å². The number of hydroxylamine groups is 1. The van der Waals surface area contributed by atoms with Gasteiger partial charge in [0.15, 0.2) is 5.82 Å². The molecule has 7 heteroatoms. The number of aryl methyl sites for hydroxylation is 1. The van der Waals surface area contributed by atoms with Crippen molar-refractivity contribution in [3.8, 4) is 11.5 Å². The van der Waals surface area contributed by atoms with Crippen LogP contribution in [0, 0.1) is 6.92 Å². The molecule has 6 nitrogen and oxygen atoms in total. The molecule has 0 saturated heterocycles. The van der Waals surface area contributed by atoms with Gasteiger partial charge in [-0.15, -0.1) is 0 Å². The van der Waals surface area contributed by atoms with E-state index in [9.17, 15) is 10.0 Å². The SMILES string of the molecule is Cc1cc(Cl)ccc1Oc1cnc2c(c1)C[C@H](N)C(=O)N2O. The van der Waals surface area contributed by atoms with Crippen LogP contribution >= 0.6 is 11.6 Å². The lowest BCUT2D eigenvalue weighted by atomic mass is 10.0. The number of halogens is 1. The van der Waals surface area contributed by atoms with Crippen molar-refractivity contribution in [2.75, 3.05) is 5.06 Å². The van der Waals surface area contributed by atoms with Gasteiger partial charge >= 0.3 is 0 Å². The molecule has 1 aromatic heterocycles. The normalized spacial score (nSPS) is 17.4. The summed E-state index contributed by atoms with van der Waals surface area (Å²) in [6.07, 6.45) is 1.75. The smallest absolute Gasteiger partial charge is 0.269 e. The molecule has 0 saturated carbocycles. The molecule has 3 N–H and O–H groups in total. The quantitative estimate of drug-likeness (QED) is 0.830. The molecule has 1 aliphatic heterocycles. The number of nitrogens with two attached hydrogens (primary N) is 1. The first-order valence-corrected chi connectivity index (χ1v) is 7.05. The third kappa shape index (κ3) is 2.64. The number of hydrogen-bond acceptors (Lipinski definition) is 5. The van der Waals surface area contributed by atoms with Gasteiger partial charge < -0.3 is 10.5 Å². The van der Waals surface area contributed by atoms with E-state index < -0.39 is 11.9 Å². The lowest BCUT2D eigenvalue weighted by Gasteiger charge is -2.26. The van der Waals surface area contributed by atoms with Crippen molar-refractivity contribution < 1.29 is 14.7 Å². The van der Waals surface area contributed by atoms with Gasteiger partial charge in [0.25, 0.3) is 5.91 Å². The molecule has 3 rings (SSSR count). The van der Waals surface area contributed by atoms with E-state index in [0.29, 0.717) is 33.6 Å². The average molecular weight is 320 g/mol. The van der Waals surface area contributed by atoms with Gasteiger partial charge in [-0.1, -0.05) is 11.6 Å². The van der Waals surface area contributed by atoms with E-state index in [1.165, 1.54) is 6.20 Å². The molecule has 0 fully saturated rings. The van der Waals surface area contributed by atoms with Crippen LogP contribution in [0.2, 0.25) is 5.02 Å². The lowest BCUT2D eigenvalue weighted by Crippen LogP contribution is -2.47. The van der Waals surface area contributed by atoms with Gasteiger partial charge in [0.05, 0.1) is 12.2 Å². The summed E-state index contributed by atoms with van der Waals surface area (Å²) >= 11 is 5.91. The highest BCUT2D eigenvalue weighted by Crippen LogP contribution is 2.31. The Bertz CT molecular complexity index is 751. The molecule has 1 aliphatic rings. The summed E-state index contributed by atoms with van der Waals surface area (Å²) in [7, 11) is 0. The van der Waals surface area contributed by atoms with Gasteiger partial charge in [-0.3, -0.25) is 10.0 Å².